The molecule has 0 saturated heterocycles. The van der Waals surface area contributed by atoms with Crippen molar-refractivity contribution in [3.8, 4) is 55.6 Å². The molecule has 0 heterocycles. The van der Waals surface area contributed by atoms with E-state index < -0.39 is 0 Å². The number of hydrogen-bond donors (Lipinski definition) is 0. The Morgan fingerprint density at radius 3 is 1.67 bits per heavy atom. The SMILES string of the molecule is Cc1ccc(-c2ccc3c(c2)cc(-c2ccc4c(c2)C(C)(C)c2ccccc2-4)c2cc(-c4cc5ccccc5cc4-c4ccccc4)ccc23)cc1. The molecule has 0 aliphatic heterocycles. The van der Waals surface area contributed by atoms with Gasteiger partial charge in [-0.1, -0.05) is 159 Å². The molecular weight excluding hydrogens is 625 g/mol. The summed E-state index contributed by atoms with van der Waals surface area (Å²) in [7, 11) is 0. The largest absolute Gasteiger partial charge is 0.0622 e. The fourth-order valence-corrected chi connectivity index (χ4v) is 8.70. The summed E-state index contributed by atoms with van der Waals surface area (Å²) in [6.07, 6.45) is 0. The fourth-order valence-electron chi connectivity index (χ4n) is 8.70. The van der Waals surface area contributed by atoms with Gasteiger partial charge in [0.1, 0.15) is 0 Å². The van der Waals surface area contributed by atoms with E-state index in [0.29, 0.717) is 0 Å². The summed E-state index contributed by atoms with van der Waals surface area (Å²) >= 11 is 0. The van der Waals surface area contributed by atoms with Crippen LogP contribution in [0.25, 0.3) is 88.0 Å². The normalized spacial score (nSPS) is 13.1. The third-order valence-corrected chi connectivity index (χ3v) is 11.5. The second-order valence-corrected chi connectivity index (χ2v) is 15.0. The number of fused-ring (bicyclic) bond motifs is 7. The molecule has 0 nitrogen and oxygen atoms in total. The molecule has 0 heteroatoms. The third kappa shape index (κ3) is 4.83. The first-order valence-electron chi connectivity index (χ1n) is 18.3. The van der Waals surface area contributed by atoms with Crippen LogP contribution < -0.4 is 0 Å². The standard InChI is InChI=1S/C52H38/c1-33-17-19-34(20-18-33)38-21-24-42-41(27-38)31-48(40-23-26-45-44-15-9-10-16-50(44)52(2,3)51(45)32-40)49-30-39(22-25-43(42)49)47-29-37-14-8-7-13-36(37)28-46(47)35-11-5-4-6-12-35/h4-32H,1-3H3. The molecule has 0 radical (unpaired) electrons. The van der Waals surface area contributed by atoms with Crippen molar-refractivity contribution in [2.24, 2.45) is 0 Å². The minimum atomic E-state index is -0.0754. The van der Waals surface area contributed by atoms with Crippen molar-refractivity contribution in [3.63, 3.8) is 0 Å². The third-order valence-electron chi connectivity index (χ3n) is 11.5. The Labute approximate surface area is 305 Å². The smallest absolute Gasteiger partial charge is 0.0159 e. The maximum Gasteiger partial charge on any atom is 0.0159 e. The predicted molar refractivity (Wildman–Crippen MR) is 223 cm³/mol. The summed E-state index contributed by atoms with van der Waals surface area (Å²) in [5.74, 6) is 0. The molecule has 10 rings (SSSR count). The van der Waals surface area contributed by atoms with Crippen LogP contribution in [0, 0.1) is 6.92 Å². The maximum atomic E-state index is 2.47. The highest BCUT2D eigenvalue weighted by molar-refractivity contribution is 6.16. The van der Waals surface area contributed by atoms with Gasteiger partial charge in [-0.2, -0.15) is 0 Å². The minimum absolute atomic E-state index is 0.0754. The van der Waals surface area contributed by atoms with Gasteiger partial charge < -0.3 is 0 Å². The van der Waals surface area contributed by atoms with E-state index in [1.807, 2.05) is 0 Å². The van der Waals surface area contributed by atoms with Crippen molar-refractivity contribution in [2.75, 3.05) is 0 Å². The van der Waals surface area contributed by atoms with Gasteiger partial charge in [0.15, 0.2) is 0 Å². The van der Waals surface area contributed by atoms with Gasteiger partial charge in [0.05, 0.1) is 0 Å². The van der Waals surface area contributed by atoms with Gasteiger partial charge >= 0.3 is 0 Å². The van der Waals surface area contributed by atoms with Crippen LogP contribution >= 0.6 is 0 Å². The summed E-state index contributed by atoms with van der Waals surface area (Å²) in [4.78, 5) is 0. The maximum absolute atomic E-state index is 2.47. The Morgan fingerprint density at radius 1 is 0.308 bits per heavy atom. The molecule has 52 heavy (non-hydrogen) atoms. The molecule has 0 bridgehead atoms. The fraction of sp³-hybridized carbons (Fsp3) is 0.0769. The minimum Gasteiger partial charge on any atom is -0.0622 e. The molecule has 0 amide bonds. The van der Waals surface area contributed by atoms with Gasteiger partial charge in [-0.3, -0.25) is 0 Å². The van der Waals surface area contributed by atoms with Gasteiger partial charge in [0, 0.05) is 5.41 Å². The highest BCUT2D eigenvalue weighted by Gasteiger charge is 2.35. The van der Waals surface area contributed by atoms with Crippen molar-refractivity contribution >= 4 is 32.3 Å². The van der Waals surface area contributed by atoms with Crippen LogP contribution in [-0.4, -0.2) is 0 Å². The van der Waals surface area contributed by atoms with Crippen LogP contribution in [0.5, 0.6) is 0 Å². The van der Waals surface area contributed by atoms with E-state index in [-0.39, 0.29) is 5.41 Å². The van der Waals surface area contributed by atoms with E-state index in [1.54, 1.807) is 0 Å². The molecule has 0 saturated carbocycles. The van der Waals surface area contributed by atoms with E-state index in [0.717, 1.165) is 0 Å². The van der Waals surface area contributed by atoms with Gasteiger partial charge in [-0.25, -0.2) is 0 Å². The molecule has 0 fully saturated rings. The number of benzene rings is 9. The zero-order valence-corrected chi connectivity index (χ0v) is 29.7. The van der Waals surface area contributed by atoms with Crippen molar-refractivity contribution in [1.29, 1.82) is 0 Å². The second kappa shape index (κ2) is 11.7. The Kier molecular flexibility index (Phi) is 6.85. The summed E-state index contributed by atoms with van der Waals surface area (Å²) in [5.41, 5.74) is 16.7. The van der Waals surface area contributed by atoms with Crippen molar-refractivity contribution < 1.29 is 0 Å². The Hall–Kier alpha value is -6.24. The summed E-state index contributed by atoms with van der Waals surface area (Å²) < 4.78 is 0. The van der Waals surface area contributed by atoms with Crippen LogP contribution in [0.15, 0.2) is 176 Å². The Bertz CT molecular complexity index is 2850. The van der Waals surface area contributed by atoms with Crippen LogP contribution in [0.1, 0.15) is 30.5 Å². The number of aryl methyl sites for hydroxylation is 1. The lowest BCUT2D eigenvalue weighted by Crippen LogP contribution is -2.14. The first-order valence-corrected chi connectivity index (χ1v) is 18.3. The van der Waals surface area contributed by atoms with Gasteiger partial charge in [-0.15, -0.1) is 0 Å². The lowest BCUT2D eigenvalue weighted by atomic mass is 9.81. The zero-order valence-electron chi connectivity index (χ0n) is 29.7. The van der Waals surface area contributed by atoms with E-state index in [9.17, 15) is 0 Å². The zero-order chi connectivity index (χ0) is 35.0. The molecule has 246 valence electrons. The first kappa shape index (κ1) is 30.6. The number of hydrogen-bond acceptors (Lipinski definition) is 0. The molecule has 0 aromatic heterocycles. The molecule has 9 aromatic carbocycles. The van der Waals surface area contributed by atoms with Gasteiger partial charge in [0.25, 0.3) is 0 Å². The van der Waals surface area contributed by atoms with Gasteiger partial charge in [0.2, 0.25) is 0 Å². The molecule has 0 spiro atoms. The molecule has 0 unspecified atom stereocenters. The van der Waals surface area contributed by atoms with Crippen molar-refractivity contribution in [3.05, 3.63) is 193 Å². The Morgan fingerprint density at radius 2 is 0.885 bits per heavy atom. The van der Waals surface area contributed by atoms with Crippen LogP contribution in [0.3, 0.4) is 0 Å². The van der Waals surface area contributed by atoms with Crippen LogP contribution in [0.2, 0.25) is 0 Å². The summed E-state index contributed by atoms with van der Waals surface area (Å²) in [6.45, 7) is 6.89. The van der Waals surface area contributed by atoms with Crippen LogP contribution in [0.4, 0.5) is 0 Å². The monoisotopic (exact) mass is 662 g/mol. The van der Waals surface area contributed by atoms with Crippen molar-refractivity contribution in [1.82, 2.24) is 0 Å². The van der Waals surface area contributed by atoms with E-state index in [2.05, 4.69) is 197 Å². The summed E-state index contributed by atoms with van der Waals surface area (Å²) in [5, 5.41) is 7.58. The second-order valence-electron chi connectivity index (χ2n) is 15.0. The lowest BCUT2D eigenvalue weighted by molar-refractivity contribution is 0.660. The number of rotatable bonds is 4. The highest BCUT2D eigenvalue weighted by atomic mass is 14.4. The average molecular weight is 663 g/mol. The van der Waals surface area contributed by atoms with Crippen LogP contribution in [-0.2, 0) is 5.41 Å². The van der Waals surface area contributed by atoms with Crippen molar-refractivity contribution in [2.45, 2.75) is 26.2 Å². The summed E-state index contributed by atoms with van der Waals surface area (Å²) in [6, 6.07) is 65.8. The topological polar surface area (TPSA) is 0 Å². The quantitative estimate of drug-likeness (QED) is 0.165. The lowest BCUT2D eigenvalue weighted by Gasteiger charge is -2.22. The predicted octanol–water partition coefficient (Wildman–Crippen LogP) is 14.4. The average Bonchev–Trinajstić information content (AvgIpc) is 3.42. The highest BCUT2D eigenvalue weighted by Crippen LogP contribution is 2.50. The van der Waals surface area contributed by atoms with E-state index in [1.165, 1.54) is 105 Å². The molecule has 0 atom stereocenters. The first-order chi connectivity index (χ1) is 25.4. The van der Waals surface area contributed by atoms with E-state index in [4.69, 9.17) is 0 Å². The van der Waals surface area contributed by atoms with Gasteiger partial charge in [-0.05, 0) is 142 Å². The molecule has 0 N–H and O–H groups in total. The Balaban J connectivity index is 1.24. The van der Waals surface area contributed by atoms with E-state index >= 15 is 0 Å². The molecular formula is C52H38. The molecule has 9 aromatic rings. The molecule has 1 aliphatic carbocycles. The molecule has 1 aliphatic rings.